The van der Waals surface area contributed by atoms with Crippen LogP contribution in [0.4, 0.5) is 0 Å². The third kappa shape index (κ3) is 5.78. The van der Waals surface area contributed by atoms with Gasteiger partial charge < -0.3 is 15.1 Å². The monoisotopic (exact) mass is 268 g/mol. The van der Waals surface area contributed by atoms with Crippen molar-refractivity contribution in [3.8, 4) is 0 Å². The SMILES string of the molecule is CC(CNCCN1CCN(C)CC1)CN1CCCC1. The minimum absolute atomic E-state index is 0.783. The fourth-order valence-electron chi connectivity index (χ4n) is 3.13. The molecule has 2 rings (SSSR count). The lowest BCUT2D eigenvalue weighted by Crippen LogP contribution is -2.46. The van der Waals surface area contributed by atoms with Gasteiger partial charge in [-0.25, -0.2) is 0 Å². The van der Waals surface area contributed by atoms with E-state index in [4.69, 9.17) is 0 Å². The Morgan fingerprint density at radius 1 is 0.947 bits per heavy atom. The van der Waals surface area contributed by atoms with Gasteiger partial charge in [-0.15, -0.1) is 0 Å². The Morgan fingerprint density at radius 2 is 1.63 bits per heavy atom. The van der Waals surface area contributed by atoms with E-state index >= 15 is 0 Å². The first-order chi connectivity index (χ1) is 9.24. The molecule has 0 aromatic carbocycles. The maximum absolute atomic E-state index is 3.64. The molecule has 0 spiro atoms. The molecule has 2 saturated heterocycles. The smallest absolute Gasteiger partial charge is 0.0110 e. The average Bonchev–Trinajstić information content (AvgIpc) is 2.89. The van der Waals surface area contributed by atoms with Crippen LogP contribution in [0.2, 0.25) is 0 Å². The number of rotatable bonds is 7. The molecule has 0 saturated carbocycles. The fraction of sp³-hybridized carbons (Fsp3) is 1.00. The summed E-state index contributed by atoms with van der Waals surface area (Å²) in [6.07, 6.45) is 2.81. The summed E-state index contributed by atoms with van der Waals surface area (Å²) in [5.74, 6) is 0.783. The molecular formula is C15H32N4. The topological polar surface area (TPSA) is 21.8 Å². The van der Waals surface area contributed by atoms with Gasteiger partial charge in [0.05, 0.1) is 0 Å². The highest BCUT2D eigenvalue weighted by Gasteiger charge is 2.15. The number of nitrogens with zero attached hydrogens (tertiary/aromatic N) is 3. The summed E-state index contributed by atoms with van der Waals surface area (Å²) in [4.78, 5) is 7.62. The molecule has 2 aliphatic rings. The largest absolute Gasteiger partial charge is 0.315 e. The summed E-state index contributed by atoms with van der Waals surface area (Å²) in [5.41, 5.74) is 0. The Kier molecular flexibility index (Phi) is 6.57. The summed E-state index contributed by atoms with van der Waals surface area (Å²) in [6, 6.07) is 0. The molecule has 19 heavy (non-hydrogen) atoms. The van der Waals surface area contributed by atoms with Crippen molar-refractivity contribution in [2.75, 3.05) is 72.5 Å². The summed E-state index contributed by atoms with van der Waals surface area (Å²) in [5, 5.41) is 3.64. The molecule has 112 valence electrons. The normalized spacial score (nSPS) is 24.9. The molecule has 0 bridgehead atoms. The van der Waals surface area contributed by atoms with Gasteiger partial charge in [-0.05, 0) is 45.4 Å². The van der Waals surface area contributed by atoms with E-state index in [1.165, 1.54) is 71.7 Å². The van der Waals surface area contributed by atoms with Crippen LogP contribution >= 0.6 is 0 Å². The maximum Gasteiger partial charge on any atom is 0.0110 e. The third-order valence-corrected chi connectivity index (χ3v) is 4.46. The zero-order valence-electron chi connectivity index (χ0n) is 12.9. The van der Waals surface area contributed by atoms with Crippen molar-refractivity contribution in [3.05, 3.63) is 0 Å². The van der Waals surface area contributed by atoms with E-state index in [1.807, 2.05) is 0 Å². The highest BCUT2D eigenvalue weighted by molar-refractivity contribution is 4.72. The maximum atomic E-state index is 3.64. The van der Waals surface area contributed by atoms with Crippen molar-refractivity contribution < 1.29 is 0 Å². The second-order valence-electron chi connectivity index (χ2n) is 6.46. The molecule has 0 amide bonds. The summed E-state index contributed by atoms with van der Waals surface area (Å²) in [6.45, 7) is 14.8. The van der Waals surface area contributed by atoms with Crippen LogP contribution in [0.15, 0.2) is 0 Å². The van der Waals surface area contributed by atoms with Crippen LogP contribution in [0.5, 0.6) is 0 Å². The van der Waals surface area contributed by atoms with Crippen LogP contribution in [0.3, 0.4) is 0 Å². The number of hydrogen-bond donors (Lipinski definition) is 1. The molecule has 0 aromatic rings. The molecule has 0 aromatic heterocycles. The standard InChI is InChI=1S/C15H32N4/c1-15(14-19-6-3-4-7-19)13-16-5-8-18-11-9-17(2)10-12-18/h15-16H,3-14H2,1-2H3. The van der Waals surface area contributed by atoms with Gasteiger partial charge in [0, 0.05) is 45.8 Å². The second-order valence-corrected chi connectivity index (χ2v) is 6.46. The van der Waals surface area contributed by atoms with Crippen LogP contribution < -0.4 is 5.32 Å². The first kappa shape index (κ1) is 15.2. The highest BCUT2D eigenvalue weighted by Crippen LogP contribution is 2.09. The van der Waals surface area contributed by atoms with Gasteiger partial charge in [0.2, 0.25) is 0 Å². The first-order valence-electron chi connectivity index (χ1n) is 8.08. The van der Waals surface area contributed by atoms with Crippen molar-refractivity contribution in [3.63, 3.8) is 0 Å². The molecular weight excluding hydrogens is 236 g/mol. The lowest BCUT2D eigenvalue weighted by atomic mass is 10.1. The third-order valence-electron chi connectivity index (χ3n) is 4.46. The van der Waals surface area contributed by atoms with Crippen LogP contribution in [-0.2, 0) is 0 Å². The van der Waals surface area contributed by atoms with Crippen molar-refractivity contribution >= 4 is 0 Å². The van der Waals surface area contributed by atoms with E-state index in [-0.39, 0.29) is 0 Å². The molecule has 1 atom stereocenters. The fourth-order valence-corrected chi connectivity index (χ4v) is 3.13. The van der Waals surface area contributed by atoms with Gasteiger partial charge in [0.25, 0.3) is 0 Å². The van der Waals surface area contributed by atoms with Gasteiger partial charge in [-0.3, -0.25) is 4.90 Å². The predicted molar refractivity (Wildman–Crippen MR) is 81.6 cm³/mol. The van der Waals surface area contributed by atoms with Gasteiger partial charge in [0.1, 0.15) is 0 Å². The van der Waals surface area contributed by atoms with Crippen molar-refractivity contribution in [2.45, 2.75) is 19.8 Å². The summed E-state index contributed by atoms with van der Waals surface area (Å²) in [7, 11) is 2.22. The molecule has 1 N–H and O–H groups in total. The number of piperazine rings is 1. The van der Waals surface area contributed by atoms with E-state index in [2.05, 4.69) is 34.0 Å². The molecule has 4 nitrogen and oxygen atoms in total. The molecule has 2 aliphatic heterocycles. The van der Waals surface area contributed by atoms with E-state index in [0.717, 1.165) is 12.5 Å². The van der Waals surface area contributed by atoms with Crippen molar-refractivity contribution in [2.24, 2.45) is 5.92 Å². The first-order valence-corrected chi connectivity index (χ1v) is 8.08. The number of likely N-dealkylation sites (N-methyl/N-ethyl adjacent to an activating group) is 1. The van der Waals surface area contributed by atoms with Crippen molar-refractivity contribution in [1.82, 2.24) is 20.0 Å². The molecule has 0 aliphatic carbocycles. The molecule has 0 radical (unpaired) electrons. The van der Waals surface area contributed by atoms with E-state index in [9.17, 15) is 0 Å². The molecule has 4 heteroatoms. The molecule has 1 unspecified atom stereocenters. The number of likely N-dealkylation sites (tertiary alicyclic amines) is 1. The van der Waals surface area contributed by atoms with Gasteiger partial charge >= 0.3 is 0 Å². The lowest BCUT2D eigenvalue weighted by molar-refractivity contribution is 0.154. The Morgan fingerprint density at radius 3 is 2.32 bits per heavy atom. The summed E-state index contributed by atoms with van der Waals surface area (Å²) >= 11 is 0. The van der Waals surface area contributed by atoms with Gasteiger partial charge in [-0.1, -0.05) is 6.92 Å². The Hall–Kier alpha value is -0.160. The van der Waals surface area contributed by atoms with Crippen LogP contribution in [0.1, 0.15) is 19.8 Å². The predicted octanol–water partition coefficient (Wildman–Crippen LogP) is 0.555. The Balaban J connectivity index is 1.47. The zero-order valence-corrected chi connectivity index (χ0v) is 12.9. The van der Waals surface area contributed by atoms with Crippen molar-refractivity contribution in [1.29, 1.82) is 0 Å². The molecule has 2 heterocycles. The number of hydrogen-bond acceptors (Lipinski definition) is 4. The highest BCUT2D eigenvalue weighted by atomic mass is 15.2. The van der Waals surface area contributed by atoms with Gasteiger partial charge in [-0.2, -0.15) is 0 Å². The molecule has 2 fully saturated rings. The Labute approximate surface area is 119 Å². The minimum atomic E-state index is 0.783. The second kappa shape index (κ2) is 8.20. The summed E-state index contributed by atoms with van der Waals surface area (Å²) < 4.78 is 0. The quantitative estimate of drug-likeness (QED) is 0.681. The van der Waals surface area contributed by atoms with Crippen LogP contribution in [0, 0.1) is 5.92 Å². The average molecular weight is 268 g/mol. The van der Waals surface area contributed by atoms with E-state index in [0.29, 0.717) is 0 Å². The van der Waals surface area contributed by atoms with Crippen LogP contribution in [0.25, 0.3) is 0 Å². The van der Waals surface area contributed by atoms with Gasteiger partial charge in [0.15, 0.2) is 0 Å². The number of nitrogens with one attached hydrogen (secondary N) is 1. The Bertz CT molecular complexity index is 232. The zero-order chi connectivity index (χ0) is 13.5. The van der Waals surface area contributed by atoms with E-state index in [1.54, 1.807) is 0 Å². The lowest BCUT2D eigenvalue weighted by Gasteiger charge is -2.32. The minimum Gasteiger partial charge on any atom is -0.315 e. The van der Waals surface area contributed by atoms with Crippen LogP contribution in [-0.4, -0.2) is 87.2 Å². The van der Waals surface area contributed by atoms with E-state index < -0.39 is 0 Å².